The molecule has 2 aromatic carbocycles. The molecule has 3 nitrogen and oxygen atoms in total. The largest absolute Gasteiger partial charge is 0.332 e. The Hall–Kier alpha value is -2.20. The van der Waals surface area contributed by atoms with Crippen LogP contribution in [0.3, 0.4) is 0 Å². The van der Waals surface area contributed by atoms with Gasteiger partial charge in [-0.15, -0.1) is 0 Å². The fraction of sp³-hybridized carbons (Fsp3) is 0.263. The molecular weight excluding hydrogens is 304 g/mol. The van der Waals surface area contributed by atoms with Crippen molar-refractivity contribution in [1.29, 1.82) is 0 Å². The van der Waals surface area contributed by atoms with Crippen molar-refractivity contribution in [2.24, 2.45) is 0 Å². The molecule has 0 aliphatic carbocycles. The Labute approximate surface area is 143 Å². The molecule has 23 heavy (non-hydrogen) atoms. The number of hydrogen-bond acceptors (Lipinski definition) is 2. The van der Waals surface area contributed by atoms with Crippen molar-refractivity contribution in [3.8, 4) is 0 Å². The molecule has 0 heterocycles. The summed E-state index contributed by atoms with van der Waals surface area (Å²) in [6, 6.07) is 15.5. The van der Waals surface area contributed by atoms with Crippen molar-refractivity contribution in [3.63, 3.8) is 0 Å². The van der Waals surface area contributed by atoms with Crippen LogP contribution in [0.15, 0.2) is 48.5 Å². The highest BCUT2D eigenvalue weighted by Gasteiger charge is 2.08. The molecule has 2 N–H and O–H groups in total. The minimum Gasteiger partial charge on any atom is -0.332 e. The number of anilines is 1. The molecule has 0 aliphatic heterocycles. The van der Waals surface area contributed by atoms with Gasteiger partial charge >= 0.3 is 0 Å². The molecule has 0 bridgehead atoms. The molecule has 0 unspecified atom stereocenters. The Morgan fingerprint density at radius 1 is 1.09 bits per heavy atom. The third-order valence-electron chi connectivity index (χ3n) is 3.89. The van der Waals surface area contributed by atoms with Crippen LogP contribution in [0, 0.1) is 6.92 Å². The standard InChI is InChI=1S/C19H22N2OS/c1-4-14(3)15-9-11-17(12-10-15)20-19(23)21-18(22)16-7-5-13(2)6-8-16/h5-12,14H,4H2,1-3H3,(H2,20,21,22,23)/t14-/m1/s1. The van der Waals surface area contributed by atoms with Gasteiger partial charge in [0.05, 0.1) is 0 Å². The van der Waals surface area contributed by atoms with Crippen molar-refractivity contribution in [2.75, 3.05) is 5.32 Å². The van der Waals surface area contributed by atoms with E-state index in [4.69, 9.17) is 12.2 Å². The zero-order valence-electron chi connectivity index (χ0n) is 13.7. The Morgan fingerprint density at radius 2 is 1.70 bits per heavy atom. The molecule has 2 rings (SSSR count). The zero-order chi connectivity index (χ0) is 16.8. The van der Waals surface area contributed by atoms with Gasteiger partial charge in [0.25, 0.3) is 5.91 Å². The molecule has 120 valence electrons. The van der Waals surface area contributed by atoms with Crippen LogP contribution < -0.4 is 10.6 Å². The molecule has 0 aromatic heterocycles. The molecule has 2 aromatic rings. The summed E-state index contributed by atoms with van der Waals surface area (Å²) in [5.74, 6) is 0.330. The highest BCUT2D eigenvalue weighted by molar-refractivity contribution is 7.80. The van der Waals surface area contributed by atoms with Crippen LogP contribution >= 0.6 is 12.2 Å². The molecule has 0 radical (unpaired) electrons. The topological polar surface area (TPSA) is 41.1 Å². The van der Waals surface area contributed by atoms with E-state index in [0.29, 0.717) is 16.6 Å². The number of nitrogens with one attached hydrogen (secondary N) is 2. The summed E-state index contributed by atoms with van der Waals surface area (Å²) in [6.45, 7) is 6.36. The third kappa shape index (κ3) is 4.89. The van der Waals surface area contributed by atoms with Gasteiger partial charge in [0, 0.05) is 11.3 Å². The first-order valence-electron chi connectivity index (χ1n) is 7.78. The molecule has 0 aliphatic rings. The maximum absolute atomic E-state index is 12.1. The Balaban J connectivity index is 1.94. The highest BCUT2D eigenvalue weighted by atomic mass is 32.1. The van der Waals surface area contributed by atoms with Crippen molar-refractivity contribution >= 4 is 28.9 Å². The van der Waals surface area contributed by atoms with Crippen LogP contribution in [-0.2, 0) is 0 Å². The predicted octanol–water partition coefficient (Wildman–Crippen LogP) is 4.64. The van der Waals surface area contributed by atoms with Gasteiger partial charge in [-0.3, -0.25) is 10.1 Å². The maximum atomic E-state index is 12.1. The molecule has 0 spiro atoms. The zero-order valence-corrected chi connectivity index (χ0v) is 14.5. The number of carbonyl (C=O) groups excluding carboxylic acids is 1. The quantitative estimate of drug-likeness (QED) is 0.805. The minimum absolute atomic E-state index is 0.210. The van der Waals surface area contributed by atoms with Gasteiger partial charge in [0.15, 0.2) is 5.11 Å². The molecule has 1 amide bonds. The number of rotatable bonds is 4. The fourth-order valence-corrected chi connectivity index (χ4v) is 2.38. The van der Waals surface area contributed by atoms with E-state index >= 15 is 0 Å². The molecule has 0 saturated carbocycles. The average Bonchev–Trinajstić information content (AvgIpc) is 2.55. The number of thiocarbonyl (C=S) groups is 1. The SMILES string of the molecule is CC[C@@H](C)c1ccc(NC(=S)NC(=O)c2ccc(C)cc2)cc1. The molecule has 0 saturated heterocycles. The maximum Gasteiger partial charge on any atom is 0.257 e. The summed E-state index contributed by atoms with van der Waals surface area (Å²) in [6.07, 6.45) is 1.11. The van der Waals surface area contributed by atoms with E-state index in [-0.39, 0.29) is 5.91 Å². The van der Waals surface area contributed by atoms with Crippen molar-refractivity contribution in [2.45, 2.75) is 33.1 Å². The van der Waals surface area contributed by atoms with E-state index in [1.807, 2.05) is 31.2 Å². The first-order chi connectivity index (χ1) is 11.0. The summed E-state index contributed by atoms with van der Waals surface area (Å²) in [7, 11) is 0. The van der Waals surface area contributed by atoms with Gasteiger partial charge in [0.2, 0.25) is 0 Å². The Morgan fingerprint density at radius 3 is 2.26 bits per heavy atom. The fourth-order valence-electron chi connectivity index (χ4n) is 2.17. The molecule has 4 heteroatoms. The second-order valence-corrected chi connectivity index (χ2v) is 6.11. The Bertz CT molecular complexity index is 678. The first-order valence-corrected chi connectivity index (χ1v) is 8.19. The minimum atomic E-state index is -0.210. The highest BCUT2D eigenvalue weighted by Crippen LogP contribution is 2.20. The number of carbonyl (C=O) groups is 1. The third-order valence-corrected chi connectivity index (χ3v) is 4.09. The lowest BCUT2D eigenvalue weighted by Crippen LogP contribution is -2.34. The second kappa shape index (κ2) is 7.88. The first kappa shape index (κ1) is 17.2. The lowest BCUT2D eigenvalue weighted by atomic mass is 9.99. The summed E-state index contributed by atoms with van der Waals surface area (Å²) < 4.78 is 0. The van der Waals surface area contributed by atoms with Crippen LogP contribution in [-0.4, -0.2) is 11.0 Å². The van der Waals surface area contributed by atoms with Gasteiger partial charge in [-0.1, -0.05) is 43.7 Å². The smallest absolute Gasteiger partial charge is 0.257 e. The monoisotopic (exact) mass is 326 g/mol. The van der Waals surface area contributed by atoms with Crippen LogP contribution in [0.2, 0.25) is 0 Å². The van der Waals surface area contributed by atoms with Gasteiger partial charge in [0.1, 0.15) is 0 Å². The van der Waals surface area contributed by atoms with E-state index < -0.39 is 0 Å². The van der Waals surface area contributed by atoms with Crippen LogP contribution in [0.1, 0.15) is 47.7 Å². The lowest BCUT2D eigenvalue weighted by Gasteiger charge is -2.12. The van der Waals surface area contributed by atoms with Crippen LogP contribution in [0.4, 0.5) is 5.69 Å². The summed E-state index contributed by atoms with van der Waals surface area (Å²) in [5, 5.41) is 6.03. The second-order valence-electron chi connectivity index (χ2n) is 5.71. The van der Waals surface area contributed by atoms with Crippen LogP contribution in [0.5, 0.6) is 0 Å². The number of benzene rings is 2. The van der Waals surface area contributed by atoms with Crippen molar-refractivity contribution < 1.29 is 4.79 Å². The summed E-state index contributed by atoms with van der Waals surface area (Å²) >= 11 is 5.20. The van der Waals surface area contributed by atoms with E-state index in [2.05, 4.69) is 36.6 Å². The molecular formula is C19H22N2OS. The van der Waals surface area contributed by atoms with E-state index in [0.717, 1.165) is 17.7 Å². The van der Waals surface area contributed by atoms with Crippen LogP contribution in [0.25, 0.3) is 0 Å². The number of hydrogen-bond donors (Lipinski definition) is 2. The van der Waals surface area contributed by atoms with E-state index in [9.17, 15) is 4.79 Å². The predicted molar refractivity (Wildman–Crippen MR) is 100 cm³/mol. The number of aryl methyl sites for hydroxylation is 1. The van der Waals surface area contributed by atoms with E-state index in [1.165, 1.54) is 5.56 Å². The molecule has 1 atom stereocenters. The summed E-state index contributed by atoms with van der Waals surface area (Å²) in [4.78, 5) is 12.1. The summed E-state index contributed by atoms with van der Waals surface area (Å²) in [5.41, 5.74) is 3.87. The lowest BCUT2D eigenvalue weighted by molar-refractivity contribution is 0.0977. The van der Waals surface area contributed by atoms with Gasteiger partial charge in [-0.2, -0.15) is 0 Å². The number of amides is 1. The van der Waals surface area contributed by atoms with Gasteiger partial charge in [-0.25, -0.2) is 0 Å². The molecule has 0 fully saturated rings. The Kier molecular flexibility index (Phi) is 5.88. The van der Waals surface area contributed by atoms with Crippen molar-refractivity contribution in [1.82, 2.24) is 5.32 Å². The normalized spacial score (nSPS) is 11.6. The van der Waals surface area contributed by atoms with Gasteiger partial charge < -0.3 is 5.32 Å². The van der Waals surface area contributed by atoms with Crippen molar-refractivity contribution in [3.05, 3.63) is 65.2 Å². The van der Waals surface area contributed by atoms with Gasteiger partial charge in [-0.05, 0) is 61.3 Å². The van der Waals surface area contributed by atoms with E-state index in [1.54, 1.807) is 12.1 Å². The average molecular weight is 326 g/mol.